The third kappa shape index (κ3) is 4.33. The Kier molecular flexibility index (Phi) is 5.58. The van der Waals surface area contributed by atoms with Crippen molar-refractivity contribution in [2.75, 3.05) is 0 Å². The van der Waals surface area contributed by atoms with Crippen LogP contribution in [0.5, 0.6) is 0 Å². The van der Waals surface area contributed by atoms with Crippen molar-refractivity contribution in [3.05, 3.63) is 90.6 Å². The number of oxazole rings is 1. The molecule has 0 saturated heterocycles. The minimum atomic E-state index is -2.21. The van der Waals surface area contributed by atoms with Gasteiger partial charge in [0.25, 0.3) is 0 Å². The van der Waals surface area contributed by atoms with Crippen LogP contribution in [0.4, 0.5) is 0 Å². The molecule has 170 valence electrons. The number of pyridine rings is 1. The monoisotopic (exact) mass is 509 g/mol. The molecular weight excluding hydrogens is 477 g/mol. The Labute approximate surface area is 205 Å². The molecule has 0 aliphatic heterocycles. The number of fused-ring (bicyclic) bond motifs is 1. The Hall–Kier alpha value is -3.18. The molecule has 0 amide bonds. The summed E-state index contributed by atoms with van der Waals surface area (Å²) in [6.07, 6.45) is 2.02. The van der Waals surface area contributed by atoms with Gasteiger partial charge in [0.1, 0.15) is 0 Å². The molecule has 5 aromatic rings. The summed E-state index contributed by atoms with van der Waals surface area (Å²) >= 11 is -2.21. The zero-order valence-electron chi connectivity index (χ0n) is 21.4. The van der Waals surface area contributed by atoms with E-state index in [-0.39, 0.29) is 0 Å². The van der Waals surface area contributed by atoms with E-state index in [1.54, 1.807) is 0 Å². The summed E-state index contributed by atoms with van der Waals surface area (Å²) in [6.45, 7) is 3.93. The summed E-state index contributed by atoms with van der Waals surface area (Å²) in [5, 5.41) is 0. The summed E-state index contributed by atoms with van der Waals surface area (Å²) in [5.41, 5.74) is 7.48. The zero-order valence-corrected chi connectivity index (χ0v) is 22.5. The number of hydrogen-bond donors (Lipinski definition) is 0. The van der Waals surface area contributed by atoms with Gasteiger partial charge >= 0.3 is 200 Å². The molecule has 0 bridgehead atoms. The van der Waals surface area contributed by atoms with Crippen molar-refractivity contribution in [1.82, 2.24) is 9.97 Å². The van der Waals surface area contributed by atoms with Gasteiger partial charge in [-0.2, -0.15) is 0 Å². The fraction of sp³-hybridized carbons (Fsp3) is 0.200. The average Bonchev–Trinajstić information content (AvgIpc) is 3.27. The Morgan fingerprint density at radius 2 is 1.47 bits per heavy atom. The van der Waals surface area contributed by atoms with Crippen LogP contribution in [0.3, 0.4) is 0 Å². The molecule has 0 unspecified atom stereocenters. The molecule has 3 nitrogen and oxygen atoms in total. The molecule has 0 fully saturated rings. The molecule has 4 heteroatoms. The molecule has 0 aliphatic carbocycles. The Bertz CT molecular complexity index is 1500. The first-order valence-electron chi connectivity index (χ1n) is 12.2. The number of rotatable bonds is 5. The average molecular weight is 508 g/mol. The van der Waals surface area contributed by atoms with Gasteiger partial charge in [-0.1, -0.05) is 6.07 Å². The first-order chi connectivity index (χ1) is 16.6. The van der Waals surface area contributed by atoms with E-state index in [0.29, 0.717) is 5.89 Å². The molecule has 0 radical (unpaired) electrons. The van der Waals surface area contributed by atoms with Crippen molar-refractivity contribution < 1.29 is 5.79 Å². The maximum absolute atomic E-state index is 8.83. The molecule has 2 aromatic heterocycles. The van der Waals surface area contributed by atoms with Crippen LogP contribution in [-0.2, 0) is 0 Å². The first kappa shape index (κ1) is 21.4. The van der Waals surface area contributed by atoms with E-state index in [9.17, 15) is 0 Å². The van der Waals surface area contributed by atoms with Crippen LogP contribution in [-0.4, -0.2) is 23.2 Å². The summed E-state index contributed by atoms with van der Waals surface area (Å²) in [5.74, 6) is 6.96. The van der Waals surface area contributed by atoms with Crippen LogP contribution in [0, 0.1) is 0 Å². The Morgan fingerprint density at radius 1 is 0.824 bits per heavy atom. The van der Waals surface area contributed by atoms with Crippen molar-refractivity contribution in [2.24, 2.45) is 0 Å². The molecule has 5 rings (SSSR count). The van der Waals surface area contributed by atoms with Crippen LogP contribution in [0.15, 0.2) is 89.5 Å². The molecule has 0 N–H and O–H groups in total. The topological polar surface area (TPSA) is 38.9 Å². The van der Waals surface area contributed by atoms with Crippen LogP contribution in [0.25, 0.3) is 44.9 Å². The van der Waals surface area contributed by atoms with Crippen LogP contribution >= 0.6 is 0 Å². The summed E-state index contributed by atoms with van der Waals surface area (Å²) < 4.78 is 16.4. The van der Waals surface area contributed by atoms with E-state index >= 15 is 0 Å². The summed E-state index contributed by atoms with van der Waals surface area (Å²) in [6, 6.07) is 26.6. The van der Waals surface area contributed by atoms with E-state index in [1.165, 1.54) is 4.40 Å². The van der Waals surface area contributed by atoms with Gasteiger partial charge in [0.15, 0.2) is 0 Å². The molecule has 0 spiro atoms. The normalized spacial score (nSPS) is 12.7. The predicted octanol–water partition coefficient (Wildman–Crippen LogP) is 7.89. The maximum atomic E-state index is 8.83. The number of aromatic nitrogens is 2. The molecule has 0 saturated carbocycles. The zero-order chi connectivity index (χ0) is 24.8. The number of hydrogen-bond acceptors (Lipinski definition) is 3. The second-order valence-electron chi connectivity index (χ2n) is 9.99. The third-order valence-electron chi connectivity index (χ3n) is 6.15. The Morgan fingerprint density at radius 3 is 2.09 bits per heavy atom. The fourth-order valence-electron chi connectivity index (χ4n) is 4.34. The second kappa shape index (κ2) is 8.88. The summed E-state index contributed by atoms with van der Waals surface area (Å²) in [4.78, 5) is 9.79. The number of benzene rings is 3. The van der Waals surface area contributed by atoms with Crippen molar-refractivity contribution in [1.29, 1.82) is 0 Å². The Balaban J connectivity index is 1.75. The second-order valence-corrected chi connectivity index (χ2v) is 20.6. The van der Waals surface area contributed by atoms with Gasteiger partial charge in [-0.25, -0.2) is 0 Å². The van der Waals surface area contributed by atoms with Gasteiger partial charge in [0.2, 0.25) is 0 Å². The van der Waals surface area contributed by atoms with Crippen molar-refractivity contribution >= 4 is 28.8 Å². The number of nitrogens with zero attached hydrogens (tertiary/aromatic N) is 2. The van der Waals surface area contributed by atoms with Gasteiger partial charge < -0.3 is 0 Å². The van der Waals surface area contributed by atoms with E-state index < -0.39 is 19.2 Å². The van der Waals surface area contributed by atoms with Gasteiger partial charge in [-0.05, 0) is 0 Å². The van der Waals surface area contributed by atoms with Gasteiger partial charge in [-0.15, -0.1) is 0 Å². The summed E-state index contributed by atoms with van der Waals surface area (Å²) in [7, 11) is 0. The fourth-order valence-corrected chi connectivity index (χ4v) is 7.66. The van der Waals surface area contributed by atoms with Gasteiger partial charge in [-0.3, -0.25) is 0 Å². The third-order valence-corrected chi connectivity index (χ3v) is 10.4. The minimum absolute atomic E-state index is 0.604. The molecular formula is C30H30GeN2O. The van der Waals surface area contributed by atoms with E-state index in [0.717, 1.165) is 44.6 Å². The van der Waals surface area contributed by atoms with Crippen molar-refractivity contribution in [3.63, 3.8) is 0 Å². The molecule has 0 atom stereocenters. The van der Waals surface area contributed by atoms with Crippen LogP contribution in [0.2, 0.25) is 17.3 Å². The molecule has 0 aliphatic rings. The SMILES string of the molecule is [2H]C(C)(C)c1cc(-c2cc(-c3ccccc3)c3nc(-c4ccccc4)oc3c2)nc[c]1[Ge]([CH3])([CH3])[CH3]. The first-order valence-corrected chi connectivity index (χ1v) is 19.0. The van der Waals surface area contributed by atoms with E-state index in [1.807, 2.05) is 74.6 Å². The standard InChI is InChI=1S/C30H30GeN2O/c1-20(2)24-18-27(32-19-26(24)31(3,4)5)23-16-25(21-12-8-6-9-13-21)29-28(17-23)34-30(33-29)22-14-10-7-11-15-22/h6-20H,1-5H3/i20D. The molecule has 3 aromatic carbocycles. The van der Waals surface area contributed by atoms with Crippen LogP contribution < -0.4 is 4.40 Å². The van der Waals surface area contributed by atoms with Crippen LogP contribution in [0.1, 0.15) is 26.7 Å². The van der Waals surface area contributed by atoms with Gasteiger partial charge in [0.05, 0.1) is 0 Å². The van der Waals surface area contributed by atoms with Crippen molar-refractivity contribution in [2.45, 2.75) is 37.0 Å². The molecule has 2 heterocycles. The quantitative estimate of drug-likeness (QED) is 0.227. The van der Waals surface area contributed by atoms with E-state index in [2.05, 4.69) is 41.5 Å². The van der Waals surface area contributed by atoms with Crippen molar-refractivity contribution in [3.8, 4) is 33.8 Å². The molecule has 34 heavy (non-hydrogen) atoms. The van der Waals surface area contributed by atoms with E-state index in [4.69, 9.17) is 15.8 Å². The predicted molar refractivity (Wildman–Crippen MR) is 145 cm³/mol. The van der Waals surface area contributed by atoms with Gasteiger partial charge in [0, 0.05) is 0 Å².